The number of aromatic nitrogens is 1. The van der Waals surface area contributed by atoms with E-state index in [1.165, 1.54) is 0 Å². The Hall–Kier alpha value is -1.42. The number of nitrogens with zero attached hydrogens (tertiary/aromatic N) is 1. The Bertz CT molecular complexity index is 349. The fourth-order valence-electron chi connectivity index (χ4n) is 1.11. The molecule has 0 saturated carbocycles. The van der Waals surface area contributed by atoms with Gasteiger partial charge in [0.05, 0.1) is 17.9 Å². The molecule has 1 amide bonds. The van der Waals surface area contributed by atoms with Gasteiger partial charge in [0, 0.05) is 6.20 Å². The van der Waals surface area contributed by atoms with Crippen molar-refractivity contribution in [3.05, 3.63) is 24.0 Å². The number of hydrogen-bond acceptors (Lipinski definition) is 3. The number of hydrogen-bond donors (Lipinski definition) is 2. The summed E-state index contributed by atoms with van der Waals surface area (Å²) >= 11 is 0. The SMILES string of the molecule is Cc1ccncc1NC(=O)[C@H](N)C(C)C. The number of carbonyl (C=O) groups is 1. The van der Waals surface area contributed by atoms with Gasteiger partial charge in [0.2, 0.25) is 5.91 Å². The van der Waals surface area contributed by atoms with E-state index < -0.39 is 6.04 Å². The predicted molar refractivity (Wildman–Crippen MR) is 60.4 cm³/mol. The lowest BCUT2D eigenvalue weighted by atomic mass is 10.0. The van der Waals surface area contributed by atoms with Gasteiger partial charge in [-0.3, -0.25) is 9.78 Å². The van der Waals surface area contributed by atoms with E-state index in [2.05, 4.69) is 10.3 Å². The van der Waals surface area contributed by atoms with Crippen molar-refractivity contribution in [3.8, 4) is 0 Å². The summed E-state index contributed by atoms with van der Waals surface area (Å²) in [6.45, 7) is 5.75. The van der Waals surface area contributed by atoms with Crippen LogP contribution in [0.5, 0.6) is 0 Å². The van der Waals surface area contributed by atoms with Crippen LogP contribution in [0.25, 0.3) is 0 Å². The normalized spacial score (nSPS) is 12.6. The summed E-state index contributed by atoms with van der Waals surface area (Å²) in [5.41, 5.74) is 7.43. The molecule has 1 heterocycles. The summed E-state index contributed by atoms with van der Waals surface area (Å²) < 4.78 is 0. The quantitative estimate of drug-likeness (QED) is 0.785. The highest BCUT2D eigenvalue weighted by Gasteiger charge is 2.17. The second-order valence-corrected chi connectivity index (χ2v) is 3.95. The monoisotopic (exact) mass is 207 g/mol. The van der Waals surface area contributed by atoms with Gasteiger partial charge in [-0.25, -0.2) is 0 Å². The van der Waals surface area contributed by atoms with Gasteiger partial charge in [0.15, 0.2) is 0 Å². The summed E-state index contributed by atoms with van der Waals surface area (Å²) in [6.07, 6.45) is 3.31. The first kappa shape index (κ1) is 11.7. The van der Waals surface area contributed by atoms with Gasteiger partial charge in [-0.1, -0.05) is 13.8 Å². The molecular weight excluding hydrogens is 190 g/mol. The zero-order valence-electron chi connectivity index (χ0n) is 9.32. The molecule has 0 aliphatic carbocycles. The van der Waals surface area contributed by atoms with Crippen molar-refractivity contribution in [1.29, 1.82) is 0 Å². The van der Waals surface area contributed by atoms with E-state index >= 15 is 0 Å². The molecule has 0 aromatic carbocycles. The van der Waals surface area contributed by atoms with E-state index in [-0.39, 0.29) is 11.8 Å². The molecular formula is C11H17N3O. The molecule has 4 heteroatoms. The maximum atomic E-state index is 11.6. The van der Waals surface area contributed by atoms with Gasteiger partial charge in [0.25, 0.3) is 0 Å². The second-order valence-electron chi connectivity index (χ2n) is 3.95. The van der Waals surface area contributed by atoms with Crippen LogP contribution in [0.3, 0.4) is 0 Å². The minimum Gasteiger partial charge on any atom is -0.323 e. The third-order valence-corrected chi connectivity index (χ3v) is 2.32. The topological polar surface area (TPSA) is 68.0 Å². The predicted octanol–water partition coefficient (Wildman–Crippen LogP) is 1.31. The van der Waals surface area contributed by atoms with Gasteiger partial charge >= 0.3 is 0 Å². The molecule has 15 heavy (non-hydrogen) atoms. The standard InChI is InChI=1S/C11H17N3O/c1-7(2)10(12)11(15)14-9-6-13-5-4-8(9)3/h4-7,10H,12H2,1-3H3,(H,14,15)/t10-/m1/s1. The molecule has 82 valence electrons. The third-order valence-electron chi connectivity index (χ3n) is 2.32. The Labute approximate surface area is 89.9 Å². The Morgan fingerprint density at radius 1 is 1.53 bits per heavy atom. The molecule has 0 spiro atoms. The number of amides is 1. The molecule has 1 aromatic heterocycles. The zero-order valence-corrected chi connectivity index (χ0v) is 9.32. The summed E-state index contributed by atoms with van der Waals surface area (Å²) in [6, 6.07) is 1.36. The fraction of sp³-hybridized carbons (Fsp3) is 0.455. The molecule has 0 aliphatic rings. The summed E-state index contributed by atoms with van der Waals surface area (Å²) in [7, 11) is 0. The second kappa shape index (κ2) is 4.89. The molecule has 0 saturated heterocycles. The van der Waals surface area contributed by atoms with E-state index in [0.29, 0.717) is 0 Å². The van der Waals surface area contributed by atoms with Gasteiger partial charge in [-0.05, 0) is 24.5 Å². The van der Waals surface area contributed by atoms with Crippen LogP contribution in [0, 0.1) is 12.8 Å². The van der Waals surface area contributed by atoms with Crippen LogP contribution in [0.15, 0.2) is 18.5 Å². The van der Waals surface area contributed by atoms with Gasteiger partial charge in [0.1, 0.15) is 0 Å². The van der Waals surface area contributed by atoms with Crippen molar-refractivity contribution in [2.45, 2.75) is 26.8 Å². The molecule has 0 aliphatic heterocycles. The smallest absolute Gasteiger partial charge is 0.241 e. The van der Waals surface area contributed by atoms with E-state index in [9.17, 15) is 4.79 Å². The maximum Gasteiger partial charge on any atom is 0.241 e. The molecule has 1 rings (SSSR count). The molecule has 3 N–H and O–H groups in total. The number of carbonyl (C=O) groups excluding carboxylic acids is 1. The van der Waals surface area contributed by atoms with Crippen molar-refractivity contribution in [1.82, 2.24) is 4.98 Å². The van der Waals surface area contributed by atoms with E-state index in [1.807, 2.05) is 26.8 Å². The molecule has 1 atom stereocenters. The van der Waals surface area contributed by atoms with Crippen LogP contribution >= 0.6 is 0 Å². The first-order valence-corrected chi connectivity index (χ1v) is 4.99. The van der Waals surface area contributed by atoms with Gasteiger partial charge in [-0.15, -0.1) is 0 Å². The van der Waals surface area contributed by atoms with Crippen molar-refractivity contribution in [3.63, 3.8) is 0 Å². The first-order valence-electron chi connectivity index (χ1n) is 4.99. The third kappa shape index (κ3) is 3.02. The number of nitrogens with two attached hydrogens (primary N) is 1. The molecule has 1 aromatic rings. The molecule has 0 fully saturated rings. The Morgan fingerprint density at radius 3 is 2.73 bits per heavy atom. The largest absolute Gasteiger partial charge is 0.323 e. The van der Waals surface area contributed by atoms with Crippen molar-refractivity contribution < 1.29 is 4.79 Å². The van der Waals surface area contributed by atoms with E-state index in [1.54, 1.807) is 12.4 Å². The number of anilines is 1. The van der Waals surface area contributed by atoms with Crippen LogP contribution in [-0.4, -0.2) is 16.9 Å². The van der Waals surface area contributed by atoms with Crippen molar-refractivity contribution in [2.75, 3.05) is 5.32 Å². The van der Waals surface area contributed by atoms with Crippen molar-refractivity contribution in [2.24, 2.45) is 11.7 Å². The minimum absolute atomic E-state index is 0.127. The average Bonchev–Trinajstić information content (AvgIpc) is 2.20. The lowest BCUT2D eigenvalue weighted by Crippen LogP contribution is -2.39. The highest BCUT2D eigenvalue weighted by molar-refractivity contribution is 5.95. The lowest BCUT2D eigenvalue weighted by molar-refractivity contribution is -0.118. The van der Waals surface area contributed by atoms with Crippen LogP contribution < -0.4 is 11.1 Å². The average molecular weight is 207 g/mol. The summed E-state index contributed by atoms with van der Waals surface area (Å²) in [4.78, 5) is 15.6. The number of rotatable bonds is 3. The zero-order chi connectivity index (χ0) is 11.4. The Kier molecular flexibility index (Phi) is 3.80. The van der Waals surface area contributed by atoms with E-state index in [0.717, 1.165) is 11.3 Å². The van der Waals surface area contributed by atoms with Gasteiger partial charge in [-0.2, -0.15) is 0 Å². The summed E-state index contributed by atoms with van der Waals surface area (Å²) in [5, 5.41) is 2.76. The highest BCUT2D eigenvalue weighted by Crippen LogP contribution is 2.12. The molecule has 0 bridgehead atoms. The fourth-order valence-corrected chi connectivity index (χ4v) is 1.11. The summed E-state index contributed by atoms with van der Waals surface area (Å²) in [5.74, 6) is -0.0388. The van der Waals surface area contributed by atoms with E-state index in [4.69, 9.17) is 5.73 Å². The van der Waals surface area contributed by atoms with Crippen LogP contribution in [0.1, 0.15) is 19.4 Å². The maximum absolute atomic E-state index is 11.6. The van der Waals surface area contributed by atoms with Crippen LogP contribution in [0.2, 0.25) is 0 Å². The Morgan fingerprint density at radius 2 is 2.20 bits per heavy atom. The minimum atomic E-state index is -0.482. The number of pyridine rings is 1. The number of aryl methyl sites for hydroxylation is 1. The lowest BCUT2D eigenvalue weighted by Gasteiger charge is -2.15. The van der Waals surface area contributed by atoms with Gasteiger partial charge < -0.3 is 11.1 Å². The molecule has 0 radical (unpaired) electrons. The first-order chi connectivity index (χ1) is 7.02. The number of nitrogens with one attached hydrogen (secondary N) is 1. The highest BCUT2D eigenvalue weighted by atomic mass is 16.2. The van der Waals surface area contributed by atoms with Crippen molar-refractivity contribution >= 4 is 11.6 Å². The Balaban J connectivity index is 2.71. The van der Waals surface area contributed by atoms with Crippen LogP contribution in [0.4, 0.5) is 5.69 Å². The van der Waals surface area contributed by atoms with Crippen LogP contribution in [-0.2, 0) is 4.79 Å². The molecule has 0 unspecified atom stereocenters. The molecule has 4 nitrogen and oxygen atoms in total.